The number of nitrogens with zero attached hydrogens (tertiary/aromatic N) is 3. The van der Waals surface area contributed by atoms with Crippen LogP contribution in [0.3, 0.4) is 0 Å². The lowest BCUT2D eigenvalue weighted by atomic mass is 10.00. The van der Waals surface area contributed by atoms with Crippen molar-refractivity contribution >= 4 is 5.91 Å². The zero-order valence-electron chi connectivity index (χ0n) is 12.5. The van der Waals surface area contributed by atoms with Crippen LogP contribution in [0, 0.1) is 5.92 Å². The number of aromatic nitrogens is 3. The van der Waals surface area contributed by atoms with Crippen LogP contribution in [0.2, 0.25) is 0 Å². The van der Waals surface area contributed by atoms with Gasteiger partial charge in [0.2, 0.25) is 5.91 Å². The van der Waals surface area contributed by atoms with E-state index in [9.17, 15) is 4.79 Å². The van der Waals surface area contributed by atoms with Crippen LogP contribution in [-0.4, -0.2) is 26.7 Å². The Bertz CT molecular complexity index is 625. The lowest BCUT2D eigenvalue weighted by molar-refractivity contribution is -0.122. The van der Waals surface area contributed by atoms with E-state index in [4.69, 9.17) is 5.73 Å². The minimum atomic E-state index is 0.0693. The Morgan fingerprint density at radius 2 is 2.32 bits per heavy atom. The summed E-state index contributed by atoms with van der Waals surface area (Å²) in [6.45, 7) is 0.498. The van der Waals surface area contributed by atoms with Crippen molar-refractivity contribution in [1.29, 1.82) is 0 Å². The van der Waals surface area contributed by atoms with Crippen molar-refractivity contribution in [3.63, 3.8) is 0 Å². The number of nitrogens with one attached hydrogen (secondary N) is 1. The first kappa shape index (κ1) is 14.7. The van der Waals surface area contributed by atoms with Crippen molar-refractivity contribution in [2.75, 3.05) is 0 Å². The summed E-state index contributed by atoms with van der Waals surface area (Å²) in [7, 11) is 0. The van der Waals surface area contributed by atoms with Crippen molar-refractivity contribution in [1.82, 2.24) is 20.1 Å². The van der Waals surface area contributed by atoms with Crippen LogP contribution >= 0.6 is 0 Å². The van der Waals surface area contributed by atoms with Gasteiger partial charge in [-0.2, -0.15) is 5.10 Å². The summed E-state index contributed by atoms with van der Waals surface area (Å²) in [4.78, 5) is 16.3. The van der Waals surface area contributed by atoms with Crippen LogP contribution in [-0.2, 0) is 11.3 Å². The Hall–Kier alpha value is -2.21. The highest BCUT2D eigenvalue weighted by atomic mass is 16.1. The Kier molecular flexibility index (Phi) is 4.48. The summed E-state index contributed by atoms with van der Waals surface area (Å²) in [6.07, 6.45) is 9.04. The first-order chi connectivity index (χ1) is 10.7. The first-order valence-electron chi connectivity index (χ1n) is 7.69. The zero-order valence-corrected chi connectivity index (χ0v) is 12.5. The van der Waals surface area contributed by atoms with Gasteiger partial charge in [-0.25, -0.2) is 9.67 Å². The maximum atomic E-state index is 12.0. The van der Waals surface area contributed by atoms with Crippen molar-refractivity contribution in [2.24, 2.45) is 11.7 Å². The van der Waals surface area contributed by atoms with E-state index in [2.05, 4.69) is 15.4 Å². The molecule has 2 aromatic rings. The number of pyridine rings is 1. The summed E-state index contributed by atoms with van der Waals surface area (Å²) in [5.74, 6) is 1.14. The largest absolute Gasteiger partial charge is 0.352 e. The topological polar surface area (TPSA) is 85.8 Å². The van der Waals surface area contributed by atoms with Crippen molar-refractivity contribution in [3.05, 3.63) is 42.4 Å². The molecule has 6 heteroatoms. The van der Waals surface area contributed by atoms with Gasteiger partial charge in [-0.15, -0.1) is 0 Å². The average Bonchev–Trinajstić information content (AvgIpc) is 3.18. The fraction of sp³-hybridized carbons (Fsp3) is 0.438. The number of hydrogen-bond acceptors (Lipinski definition) is 4. The Labute approximate surface area is 129 Å². The molecule has 2 atom stereocenters. The highest BCUT2D eigenvalue weighted by Crippen LogP contribution is 2.26. The number of amides is 1. The van der Waals surface area contributed by atoms with E-state index < -0.39 is 0 Å². The van der Waals surface area contributed by atoms with Gasteiger partial charge in [0, 0.05) is 37.6 Å². The predicted octanol–water partition coefficient (Wildman–Crippen LogP) is 1.40. The van der Waals surface area contributed by atoms with Gasteiger partial charge in [0.15, 0.2) is 5.82 Å². The quantitative estimate of drug-likeness (QED) is 0.874. The molecular weight excluding hydrogens is 278 g/mol. The van der Waals surface area contributed by atoms with E-state index in [1.165, 1.54) is 0 Å². The van der Waals surface area contributed by atoms with Gasteiger partial charge in [0.1, 0.15) is 0 Å². The van der Waals surface area contributed by atoms with Gasteiger partial charge in [0.25, 0.3) is 0 Å². The van der Waals surface area contributed by atoms with Crippen molar-refractivity contribution in [2.45, 2.75) is 38.3 Å². The molecule has 3 N–H and O–H groups in total. The minimum Gasteiger partial charge on any atom is -0.352 e. The molecule has 2 heterocycles. The summed E-state index contributed by atoms with van der Waals surface area (Å²) in [6, 6.07) is 5.85. The van der Waals surface area contributed by atoms with Crippen LogP contribution in [0.1, 0.15) is 31.2 Å². The fourth-order valence-electron chi connectivity index (χ4n) is 2.93. The van der Waals surface area contributed by atoms with Crippen molar-refractivity contribution < 1.29 is 4.79 Å². The summed E-state index contributed by atoms with van der Waals surface area (Å²) in [5, 5.41) is 7.12. The summed E-state index contributed by atoms with van der Waals surface area (Å²) in [5.41, 5.74) is 7.01. The molecule has 0 unspecified atom stereocenters. The maximum absolute atomic E-state index is 12.0. The van der Waals surface area contributed by atoms with Crippen LogP contribution in [0.5, 0.6) is 0 Å². The number of carbonyl (C=O) groups excluding carboxylic acids is 1. The van der Waals surface area contributed by atoms with Crippen molar-refractivity contribution in [3.8, 4) is 5.82 Å². The molecule has 2 aromatic heterocycles. The zero-order chi connectivity index (χ0) is 15.4. The SMILES string of the molecule is N[C@@H]1CCC[C@H]1CC(=O)NCc1ccnc(-n2cccn2)c1. The molecule has 0 aromatic carbocycles. The van der Waals surface area contributed by atoms with E-state index in [0.29, 0.717) is 18.9 Å². The van der Waals surface area contributed by atoms with E-state index in [1.54, 1.807) is 17.1 Å². The van der Waals surface area contributed by atoms with Gasteiger partial charge in [-0.1, -0.05) is 6.42 Å². The molecule has 0 spiro atoms. The molecule has 22 heavy (non-hydrogen) atoms. The normalized spacial score (nSPS) is 21.0. The van der Waals surface area contributed by atoms with Gasteiger partial charge >= 0.3 is 0 Å². The standard InChI is InChI=1S/C16H21N5O/c17-14-4-1-3-13(14)10-16(22)19-11-12-5-7-18-15(9-12)21-8-2-6-20-21/h2,5-9,13-14H,1,3-4,10-11,17H2,(H,19,22)/t13-,14+/m0/s1. The third-order valence-corrected chi connectivity index (χ3v) is 4.20. The van der Waals surface area contributed by atoms with E-state index in [-0.39, 0.29) is 11.9 Å². The predicted molar refractivity (Wildman–Crippen MR) is 83.1 cm³/mol. The molecule has 1 amide bonds. The van der Waals surface area contributed by atoms with Crippen LogP contribution in [0.15, 0.2) is 36.8 Å². The molecule has 0 saturated heterocycles. The second kappa shape index (κ2) is 6.70. The third kappa shape index (κ3) is 3.51. The Morgan fingerprint density at radius 1 is 1.41 bits per heavy atom. The second-order valence-corrected chi connectivity index (χ2v) is 5.81. The lowest BCUT2D eigenvalue weighted by Crippen LogP contribution is -2.31. The molecule has 0 radical (unpaired) electrons. The molecule has 1 aliphatic carbocycles. The van der Waals surface area contributed by atoms with E-state index in [0.717, 1.165) is 30.6 Å². The smallest absolute Gasteiger partial charge is 0.220 e. The van der Waals surface area contributed by atoms with Gasteiger partial charge in [0.05, 0.1) is 0 Å². The first-order valence-corrected chi connectivity index (χ1v) is 7.69. The van der Waals surface area contributed by atoms with E-state index >= 15 is 0 Å². The Balaban J connectivity index is 1.55. The highest BCUT2D eigenvalue weighted by Gasteiger charge is 2.25. The highest BCUT2D eigenvalue weighted by molar-refractivity contribution is 5.76. The van der Waals surface area contributed by atoms with Gasteiger partial charge in [-0.3, -0.25) is 4.79 Å². The molecule has 0 aliphatic heterocycles. The van der Waals surface area contributed by atoms with Gasteiger partial charge < -0.3 is 11.1 Å². The van der Waals surface area contributed by atoms with Crippen LogP contribution in [0.25, 0.3) is 5.82 Å². The van der Waals surface area contributed by atoms with Crippen LogP contribution in [0.4, 0.5) is 0 Å². The third-order valence-electron chi connectivity index (χ3n) is 4.20. The maximum Gasteiger partial charge on any atom is 0.220 e. The molecule has 116 valence electrons. The summed E-state index contributed by atoms with van der Waals surface area (Å²) >= 11 is 0. The number of nitrogens with two attached hydrogens (primary N) is 1. The molecule has 3 rings (SSSR count). The lowest BCUT2D eigenvalue weighted by Gasteiger charge is -2.14. The average molecular weight is 299 g/mol. The molecule has 6 nitrogen and oxygen atoms in total. The summed E-state index contributed by atoms with van der Waals surface area (Å²) < 4.78 is 1.70. The number of rotatable bonds is 5. The molecule has 1 aliphatic rings. The van der Waals surface area contributed by atoms with E-state index in [1.807, 2.05) is 24.4 Å². The molecular formula is C16H21N5O. The number of hydrogen-bond donors (Lipinski definition) is 2. The van der Waals surface area contributed by atoms with Crippen LogP contribution < -0.4 is 11.1 Å². The molecule has 1 fully saturated rings. The second-order valence-electron chi connectivity index (χ2n) is 5.81. The van der Waals surface area contributed by atoms with Gasteiger partial charge in [-0.05, 0) is 42.5 Å². The molecule has 1 saturated carbocycles. The minimum absolute atomic E-state index is 0.0693. The Morgan fingerprint density at radius 3 is 3.05 bits per heavy atom. The number of carbonyl (C=O) groups is 1. The fourth-order valence-corrected chi connectivity index (χ4v) is 2.93. The molecule has 0 bridgehead atoms. The monoisotopic (exact) mass is 299 g/mol.